The number of nitrogens with zero attached hydrogens (tertiary/aromatic N) is 2. The fraction of sp³-hybridized carbons (Fsp3) is 0.0526. The van der Waals surface area contributed by atoms with Crippen molar-refractivity contribution >= 4 is 16.8 Å². The Labute approximate surface area is 138 Å². The highest BCUT2D eigenvalue weighted by atomic mass is 19.1. The summed E-state index contributed by atoms with van der Waals surface area (Å²) < 4.78 is 18.7. The predicted molar refractivity (Wildman–Crippen MR) is 91.0 cm³/mol. The van der Waals surface area contributed by atoms with Gasteiger partial charge in [0.2, 0.25) is 0 Å². The molecule has 0 atom stereocenters. The van der Waals surface area contributed by atoms with Crippen molar-refractivity contribution in [2.45, 2.75) is 6.54 Å². The molecule has 4 rings (SSSR count). The lowest BCUT2D eigenvalue weighted by Gasteiger charge is -2.06. The van der Waals surface area contributed by atoms with Crippen LogP contribution in [0.25, 0.3) is 22.4 Å². The first-order chi connectivity index (χ1) is 11.8. The van der Waals surface area contributed by atoms with E-state index in [0.717, 1.165) is 16.5 Å². The van der Waals surface area contributed by atoms with E-state index in [2.05, 4.69) is 15.3 Å². The van der Waals surface area contributed by atoms with Crippen LogP contribution in [0.1, 0.15) is 5.56 Å². The predicted octanol–water partition coefficient (Wildman–Crippen LogP) is 4.64. The molecule has 2 heterocycles. The first kappa shape index (κ1) is 14.4. The summed E-state index contributed by atoms with van der Waals surface area (Å²) in [4.78, 5) is 8.74. The molecule has 0 aliphatic rings. The van der Waals surface area contributed by atoms with Gasteiger partial charge in [0.1, 0.15) is 22.9 Å². The van der Waals surface area contributed by atoms with E-state index in [1.165, 1.54) is 12.1 Å². The SMILES string of the molecule is Fc1ccc(CNc2cncc(-c3cc4ccccc4o3)n2)cc1. The van der Waals surface area contributed by atoms with Crippen molar-refractivity contribution in [3.63, 3.8) is 0 Å². The Morgan fingerprint density at radius 1 is 1.00 bits per heavy atom. The number of hydrogen-bond donors (Lipinski definition) is 1. The van der Waals surface area contributed by atoms with Gasteiger partial charge in [0.25, 0.3) is 0 Å². The number of rotatable bonds is 4. The van der Waals surface area contributed by atoms with Gasteiger partial charge in [0.05, 0.1) is 12.4 Å². The average molecular weight is 319 g/mol. The van der Waals surface area contributed by atoms with E-state index in [1.807, 2.05) is 30.3 Å². The molecular weight excluding hydrogens is 305 g/mol. The average Bonchev–Trinajstić information content (AvgIpc) is 3.06. The molecule has 0 saturated carbocycles. The van der Waals surface area contributed by atoms with Crippen molar-refractivity contribution < 1.29 is 8.81 Å². The fourth-order valence-corrected chi connectivity index (χ4v) is 2.47. The standard InChI is InChI=1S/C19H14FN3O/c20-15-7-5-13(6-8-15)10-22-19-12-21-11-16(23-19)18-9-14-3-1-2-4-17(14)24-18/h1-9,11-12H,10H2,(H,22,23). The molecule has 2 aromatic carbocycles. The number of fused-ring (bicyclic) bond motifs is 1. The number of hydrogen-bond acceptors (Lipinski definition) is 4. The van der Waals surface area contributed by atoms with Crippen LogP contribution in [0.3, 0.4) is 0 Å². The van der Waals surface area contributed by atoms with Crippen molar-refractivity contribution in [2.75, 3.05) is 5.32 Å². The molecule has 0 amide bonds. The summed E-state index contributed by atoms with van der Waals surface area (Å²) in [5, 5.41) is 4.21. The number of furan rings is 1. The molecule has 4 aromatic rings. The maximum atomic E-state index is 12.9. The minimum absolute atomic E-state index is 0.245. The summed E-state index contributed by atoms with van der Waals surface area (Å²) in [6.07, 6.45) is 3.32. The van der Waals surface area contributed by atoms with Crippen LogP contribution in [0.5, 0.6) is 0 Å². The van der Waals surface area contributed by atoms with E-state index in [9.17, 15) is 4.39 Å². The Morgan fingerprint density at radius 3 is 2.67 bits per heavy atom. The third-order valence-corrected chi connectivity index (χ3v) is 3.70. The number of para-hydroxylation sites is 1. The van der Waals surface area contributed by atoms with Crippen LogP contribution < -0.4 is 5.32 Å². The van der Waals surface area contributed by atoms with Crippen molar-refractivity contribution in [3.05, 3.63) is 78.4 Å². The lowest BCUT2D eigenvalue weighted by molar-refractivity contribution is 0.627. The van der Waals surface area contributed by atoms with Crippen LogP contribution in [-0.2, 0) is 6.54 Å². The maximum absolute atomic E-state index is 12.9. The highest BCUT2D eigenvalue weighted by Gasteiger charge is 2.08. The van der Waals surface area contributed by atoms with Gasteiger partial charge in [-0.25, -0.2) is 9.37 Å². The largest absolute Gasteiger partial charge is 0.454 e. The second-order valence-electron chi connectivity index (χ2n) is 5.42. The molecule has 0 radical (unpaired) electrons. The highest BCUT2D eigenvalue weighted by molar-refractivity contribution is 5.82. The summed E-state index contributed by atoms with van der Waals surface area (Å²) in [6.45, 7) is 0.540. The quantitative estimate of drug-likeness (QED) is 0.595. The number of nitrogens with one attached hydrogen (secondary N) is 1. The molecule has 0 spiro atoms. The molecule has 118 valence electrons. The van der Waals surface area contributed by atoms with Crippen LogP contribution in [0.15, 0.2) is 71.4 Å². The zero-order chi connectivity index (χ0) is 16.4. The smallest absolute Gasteiger partial charge is 0.155 e. The van der Waals surface area contributed by atoms with Gasteiger partial charge in [-0.05, 0) is 29.8 Å². The van der Waals surface area contributed by atoms with Crippen molar-refractivity contribution in [2.24, 2.45) is 0 Å². The van der Waals surface area contributed by atoms with Crippen molar-refractivity contribution in [3.8, 4) is 11.5 Å². The molecule has 0 aliphatic heterocycles. The van der Waals surface area contributed by atoms with E-state index in [-0.39, 0.29) is 5.82 Å². The number of aromatic nitrogens is 2. The molecule has 0 unspecified atom stereocenters. The van der Waals surface area contributed by atoms with E-state index >= 15 is 0 Å². The fourth-order valence-electron chi connectivity index (χ4n) is 2.47. The van der Waals surface area contributed by atoms with E-state index in [0.29, 0.717) is 23.8 Å². The summed E-state index contributed by atoms with van der Waals surface area (Å²) >= 11 is 0. The molecule has 24 heavy (non-hydrogen) atoms. The Hall–Kier alpha value is -3.21. The minimum Gasteiger partial charge on any atom is -0.454 e. The van der Waals surface area contributed by atoms with E-state index < -0.39 is 0 Å². The van der Waals surface area contributed by atoms with Crippen LogP contribution in [0, 0.1) is 5.82 Å². The maximum Gasteiger partial charge on any atom is 0.155 e. The molecule has 0 fully saturated rings. The normalized spacial score (nSPS) is 10.9. The summed E-state index contributed by atoms with van der Waals surface area (Å²) in [5.41, 5.74) is 2.45. The van der Waals surface area contributed by atoms with Gasteiger partial charge in [-0.1, -0.05) is 30.3 Å². The van der Waals surface area contributed by atoms with Crippen LogP contribution in [0.4, 0.5) is 10.2 Å². The second kappa shape index (κ2) is 6.12. The molecular formula is C19H14FN3O. The van der Waals surface area contributed by atoms with E-state index in [4.69, 9.17) is 4.42 Å². The van der Waals surface area contributed by atoms with Gasteiger partial charge >= 0.3 is 0 Å². The third kappa shape index (κ3) is 2.96. The molecule has 4 nitrogen and oxygen atoms in total. The Balaban J connectivity index is 1.55. The van der Waals surface area contributed by atoms with Crippen LogP contribution in [-0.4, -0.2) is 9.97 Å². The van der Waals surface area contributed by atoms with Gasteiger partial charge in [0, 0.05) is 11.9 Å². The molecule has 0 saturated heterocycles. The molecule has 0 bridgehead atoms. The lowest BCUT2D eigenvalue weighted by atomic mass is 10.2. The second-order valence-corrected chi connectivity index (χ2v) is 5.42. The van der Waals surface area contributed by atoms with Crippen LogP contribution in [0.2, 0.25) is 0 Å². The molecule has 2 aromatic heterocycles. The van der Waals surface area contributed by atoms with Gasteiger partial charge in [-0.2, -0.15) is 0 Å². The van der Waals surface area contributed by atoms with Gasteiger partial charge in [-0.15, -0.1) is 0 Å². The lowest BCUT2D eigenvalue weighted by Crippen LogP contribution is -2.02. The Morgan fingerprint density at radius 2 is 1.83 bits per heavy atom. The zero-order valence-electron chi connectivity index (χ0n) is 12.7. The van der Waals surface area contributed by atoms with Crippen molar-refractivity contribution in [1.82, 2.24) is 9.97 Å². The zero-order valence-corrected chi connectivity index (χ0v) is 12.7. The van der Waals surface area contributed by atoms with Gasteiger partial charge in [0.15, 0.2) is 5.76 Å². The third-order valence-electron chi connectivity index (χ3n) is 3.70. The first-order valence-electron chi connectivity index (χ1n) is 7.57. The highest BCUT2D eigenvalue weighted by Crippen LogP contribution is 2.26. The number of anilines is 1. The van der Waals surface area contributed by atoms with Crippen molar-refractivity contribution in [1.29, 1.82) is 0 Å². The monoisotopic (exact) mass is 319 g/mol. The molecule has 5 heteroatoms. The van der Waals surface area contributed by atoms with Gasteiger partial charge in [-0.3, -0.25) is 4.98 Å². The molecule has 1 N–H and O–H groups in total. The summed E-state index contributed by atoms with van der Waals surface area (Å²) in [5.74, 6) is 1.07. The number of benzene rings is 2. The Kier molecular flexibility index (Phi) is 3.67. The first-order valence-corrected chi connectivity index (χ1v) is 7.57. The summed E-state index contributed by atoms with van der Waals surface area (Å²) in [6, 6.07) is 16.1. The molecule has 0 aliphatic carbocycles. The summed E-state index contributed by atoms with van der Waals surface area (Å²) in [7, 11) is 0. The number of halogens is 1. The van der Waals surface area contributed by atoms with Crippen LogP contribution >= 0.6 is 0 Å². The topological polar surface area (TPSA) is 51.0 Å². The Bertz CT molecular complexity index is 946. The van der Waals surface area contributed by atoms with Gasteiger partial charge < -0.3 is 9.73 Å². The minimum atomic E-state index is -0.245. The van der Waals surface area contributed by atoms with E-state index in [1.54, 1.807) is 24.5 Å².